The number of hydrogen-bond donors (Lipinski definition) is 1. The molecule has 0 fully saturated rings. The van der Waals surface area contributed by atoms with Crippen LogP contribution in [0.4, 0.5) is 4.39 Å². The van der Waals surface area contributed by atoms with Gasteiger partial charge in [0.1, 0.15) is 0 Å². The summed E-state index contributed by atoms with van der Waals surface area (Å²) in [4.78, 5) is 0. The highest BCUT2D eigenvalue weighted by Gasteiger charge is 2.25. The first-order chi connectivity index (χ1) is 7.29. The van der Waals surface area contributed by atoms with E-state index in [-0.39, 0.29) is 0 Å². The third-order valence-corrected chi connectivity index (χ3v) is 3.20. The minimum atomic E-state index is -1.02. The fraction of sp³-hybridized carbons (Fsp3) is 0.333. The molecule has 1 atom stereocenters. The molecule has 0 amide bonds. The Morgan fingerprint density at radius 1 is 1.40 bits per heavy atom. The van der Waals surface area contributed by atoms with Gasteiger partial charge in [0.25, 0.3) is 0 Å². The SMILES string of the molecule is Cn1c2c(c3ccccc31)CCNC2F. The molecule has 0 radical (unpaired) electrons. The zero-order valence-electron chi connectivity index (χ0n) is 8.63. The number of halogens is 1. The topological polar surface area (TPSA) is 17.0 Å². The summed E-state index contributed by atoms with van der Waals surface area (Å²) in [5.41, 5.74) is 3.08. The summed E-state index contributed by atoms with van der Waals surface area (Å²) in [5, 5.41) is 4.05. The van der Waals surface area contributed by atoms with E-state index in [0.717, 1.165) is 24.2 Å². The third-order valence-electron chi connectivity index (χ3n) is 3.20. The predicted molar refractivity (Wildman–Crippen MR) is 58.5 cm³/mol. The average molecular weight is 204 g/mol. The van der Waals surface area contributed by atoms with E-state index in [1.165, 1.54) is 10.9 Å². The van der Waals surface area contributed by atoms with Gasteiger partial charge >= 0.3 is 0 Å². The monoisotopic (exact) mass is 204 g/mol. The van der Waals surface area contributed by atoms with E-state index in [1.807, 2.05) is 29.8 Å². The van der Waals surface area contributed by atoms with Gasteiger partial charge in [-0.05, 0) is 18.1 Å². The van der Waals surface area contributed by atoms with Gasteiger partial charge in [-0.1, -0.05) is 18.2 Å². The maximum Gasteiger partial charge on any atom is 0.192 e. The van der Waals surface area contributed by atoms with Crippen molar-refractivity contribution in [3.05, 3.63) is 35.5 Å². The number of aryl methyl sites for hydroxylation is 1. The highest BCUT2D eigenvalue weighted by molar-refractivity contribution is 5.85. The lowest BCUT2D eigenvalue weighted by molar-refractivity contribution is 0.257. The lowest BCUT2D eigenvalue weighted by Gasteiger charge is -2.19. The number of fused-ring (bicyclic) bond motifs is 3. The molecule has 3 heteroatoms. The van der Waals surface area contributed by atoms with Crippen LogP contribution in [0.15, 0.2) is 24.3 Å². The van der Waals surface area contributed by atoms with Crippen LogP contribution in [-0.4, -0.2) is 11.1 Å². The number of para-hydroxylation sites is 1. The van der Waals surface area contributed by atoms with E-state index in [9.17, 15) is 4.39 Å². The van der Waals surface area contributed by atoms with E-state index in [1.54, 1.807) is 0 Å². The third kappa shape index (κ3) is 1.13. The number of nitrogens with one attached hydrogen (secondary N) is 1. The van der Waals surface area contributed by atoms with Crippen LogP contribution in [-0.2, 0) is 13.5 Å². The van der Waals surface area contributed by atoms with Crippen molar-refractivity contribution in [2.75, 3.05) is 6.54 Å². The smallest absolute Gasteiger partial charge is 0.192 e. The molecular weight excluding hydrogens is 191 g/mol. The first-order valence-corrected chi connectivity index (χ1v) is 5.22. The van der Waals surface area contributed by atoms with Gasteiger partial charge in [-0.25, -0.2) is 4.39 Å². The van der Waals surface area contributed by atoms with Crippen LogP contribution >= 0.6 is 0 Å². The Morgan fingerprint density at radius 2 is 2.20 bits per heavy atom. The summed E-state index contributed by atoms with van der Waals surface area (Å²) >= 11 is 0. The Kier molecular flexibility index (Phi) is 1.83. The standard InChI is InChI=1S/C12H13FN2/c1-15-10-5-3-2-4-8(10)9-6-7-14-12(13)11(9)15/h2-5,12,14H,6-7H2,1H3. The summed E-state index contributed by atoms with van der Waals surface area (Å²) in [7, 11) is 1.93. The van der Waals surface area contributed by atoms with Gasteiger partial charge in [0.05, 0.1) is 5.69 Å². The van der Waals surface area contributed by atoms with Crippen LogP contribution in [0.1, 0.15) is 17.6 Å². The number of benzene rings is 1. The molecule has 0 saturated heterocycles. The Balaban J connectivity index is 2.40. The average Bonchev–Trinajstić information content (AvgIpc) is 2.55. The maximum absolute atomic E-state index is 13.7. The zero-order valence-corrected chi connectivity index (χ0v) is 8.63. The van der Waals surface area contributed by atoms with Crippen LogP contribution in [0.25, 0.3) is 10.9 Å². The van der Waals surface area contributed by atoms with Crippen molar-refractivity contribution < 1.29 is 4.39 Å². The molecule has 0 saturated carbocycles. The van der Waals surface area contributed by atoms with E-state index < -0.39 is 6.30 Å². The van der Waals surface area contributed by atoms with Gasteiger partial charge < -0.3 is 4.57 Å². The fourth-order valence-electron chi connectivity index (χ4n) is 2.50. The summed E-state index contributed by atoms with van der Waals surface area (Å²) in [6.45, 7) is 0.724. The lowest BCUT2D eigenvalue weighted by Crippen LogP contribution is -2.28. The second-order valence-electron chi connectivity index (χ2n) is 4.01. The number of rotatable bonds is 0. The van der Waals surface area contributed by atoms with Gasteiger partial charge in [0, 0.05) is 24.5 Å². The quantitative estimate of drug-likeness (QED) is 0.651. The first kappa shape index (κ1) is 8.92. The largest absolute Gasteiger partial charge is 0.344 e. The zero-order chi connectivity index (χ0) is 10.4. The minimum absolute atomic E-state index is 0.724. The van der Waals surface area contributed by atoms with Crippen LogP contribution in [0.5, 0.6) is 0 Å². The highest BCUT2D eigenvalue weighted by atomic mass is 19.1. The molecular formula is C12H13FN2. The Morgan fingerprint density at radius 3 is 3.07 bits per heavy atom. The Hall–Kier alpha value is -1.35. The predicted octanol–water partition coefficient (Wildman–Crippen LogP) is 2.29. The van der Waals surface area contributed by atoms with Crippen LogP contribution < -0.4 is 5.32 Å². The van der Waals surface area contributed by atoms with Crippen molar-refractivity contribution in [1.82, 2.24) is 9.88 Å². The second kappa shape index (κ2) is 3.07. The fourth-order valence-corrected chi connectivity index (χ4v) is 2.50. The van der Waals surface area contributed by atoms with E-state index in [0.29, 0.717) is 0 Å². The van der Waals surface area contributed by atoms with Crippen LogP contribution in [0.2, 0.25) is 0 Å². The molecule has 78 valence electrons. The van der Waals surface area contributed by atoms with Crippen molar-refractivity contribution in [3.63, 3.8) is 0 Å². The maximum atomic E-state index is 13.7. The van der Waals surface area contributed by atoms with Gasteiger partial charge in [-0.3, -0.25) is 5.32 Å². The Labute approximate surface area is 87.7 Å². The summed E-state index contributed by atoms with van der Waals surface area (Å²) in [6, 6.07) is 8.12. The molecule has 1 N–H and O–H groups in total. The molecule has 1 aliphatic heterocycles. The summed E-state index contributed by atoms with van der Waals surface area (Å²) < 4.78 is 15.7. The van der Waals surface area contributed by atoms with E-state index >= 15 is 0 Å². The molecule has 15 heavy (non-hydrogen) atoms. The van der Waals surface area contributed by atoms with Gasteiger partial charge in [-0.2, -0.15) is 0 Å². The van der Waals surface area contributed by atoms with Crippen molar-refractivity contribution in [3.8, 4) is 0 Å². The number of nitrogens with zero attached hydrogens (tertiary/aromatic N) is 1. The molecule has 1 unspecified atom stereocenters. The number of hydrogen-bond acceptors (Lipinski definition) is 1. The molecule has 0 aliphatic carbocycles. The van der Waals surface area contributed by atoms with Gasteiger partial charge in [0.15, 0.2) is 6.30 Å². The molecule has 3 rings (SSSR count). The van der Waals surface area contributed by atoms with Gasteiger partial charge in [-0.15, -0.1) is 0 Å². The van der Waals surface area contributed by atoms with E-state index in [2.05, 4.69) is 11.4 Å². The summed E-state index contributed by atoms with van der Waals surface area (Å²) in [5.74, 6) is 0. The molecule has 1 aromatic carbocycles. The molecule has 2 nitrogen and oxygen atoms in total. The van der Waals surface area contributed by atoms with Crippen LogP contribution in [0, 0.1) is 0 Å². The van der Waals surface area contributed by atoms with Crippen LogP contribution in [0.3, 0.4) is 0 Å². The first-order valence-electron chi connectivity index (χ1n) is 5.22. The molecule has 0 bridgehead atoms. The molecule has 2 heterocycles. The van der Waals surface area contributed by atoms with Crippen molar-refractivity contribution >= 4 is 10.9 Å². The molecule has 2 aromatic rings. The number of aromatic nitrogens is 1. The van der Waals surface area contributed by atoms with Crippen molar-refractivity contribution in [2.45, 2.75) is 12.7 Å². The number of alkyl halides is 1. The van der Waals surface area contributed by atoms with Crippen molar-refractivity contribution in [1.29, 1.82) is 0 Å². The summed E-state index contributed by atoms with van der Waals surface area (Å²) in [6.07, 6.45) is -0.108. The molecule has 1 aliphatic rings. The Bertz CT molecular complexity index is 516. The van der Waals surface area contributed by atoms with Crippen molar-refractivity contribution in [2.24, 2.45) is 7.05 Å². The van der Waals surface area contributed by atoms with Gasteiger partial charge in [0.2, 0.25) is 0 Å². The second-order valence-corrected chi connectivity index (χ2v) is 4.01. The normalized spacial score (nSPS) is 20.5. The highest BCUT2D eigenvalue weighted by Crippen LogP contribution is 2.32. The molecule has 1 aromatic heterocycles. The van der Waals surface area contributed by atoms with E-state index in [4.69, 9.17) is 0 Å². The lowest BCUT2D eigenvalue weighted by atomic mass is 10.0. The minimum Gasteiger partial charge on any atom is -0.344 e. The molecule has 0 spiro atoms.